The molecule has 0 aromatic carbocycles. The van der Waals surface area contributed by atoms with Crippen LogP contribution < -0.4 is 5.73 Å². The van der Waals surface area contributed by atoms with Crippen molar-refractivity contribution in [2.75, 3.05) is 6.54 Å². The van der Waals surface area contributed by atoms with E-state index in [1.165, 1.54) is 5.57 Å². The molecule has 0 aromatic heterocycles. The van der Waals surface area contributed by atoms with E-state index in [4.69, 9.17) is 5.73 Å². The van der Waals surface area contributed by atoms with E-state index < -0.39 is 0 Å². The number of hydrogen-bond donors (Lipinski definition) is 1. The van der Waals surface area contributed by atoms with Crippen LogP contribution in [0.2, 0.25) is 0 Å². The van der Waals surface area contributed by atoms with Gasteiger partial charge < -0.3 is 5.73 Å². The van der Waals surface area contributed by atoms with Crippen molar-refractivity contribution >= 4 is 0 Å². The van der Waals surface area contributed by atoms with Crippen molar-refractivity contribution in [3.05, 3.63) is 11.6 Å². The highest BCUT2D eigenvalue weighted by Crippen LogP contribution is 2.10. The van der Waals surface area contributed by atoms with Crippen molar-refractivity contribution in [3.63, 3.8) is 0 Å². The van der Waals surface area contributed by atoms with Crippen molar-refractivity contribution in [2.24, 2.45) is 17.6 Å². The third kappa shape index (κ3) is 3.67. The van der Waals surface area contributed by atoms with Crippen LogP contribution in [0.3, 0.4) is 0 Å². The monoisotopic (exact) mass is 141 g/mol. The van der Waals surface area contributed by atoms with E-state index in [-0.39, 0.29) is 0 Å². The second-order valence-corrected chi connectivity index (χ2v) is 3.34. The molecule has 1 heteroatoms. The zero-order valence-electron chi connectivity index (χ0n) is 7.52. The minimum Gasteiger partial charge on any atom is -0.327 e. The Bertz CT molecular complexity index is 112. The van der Waals surface area contributed by atoms with Gasteiger partial charge in [0.25, 0.3) is 0 Å². The molecule has 0 radical (unpaired) electrons. The molecule has 0 atom stereocenters. The van der Waals surface area contributed by atoms with Crippen LogP contribution in [-0.4, -0.2) is 6.54 Å². The van der Waals surface area contributed by atoms with E-state index in [9.17, 15) is 0 Å². The van der Waals surface area contributed by atoms with Crippen LogP contribution in [0.15, 0.2) is 11.6 Å². The first kappa shape index (κ1) is 9.70. The highest BCUT2D eigenvalue weighted by Gasteiger charge is 2.00. The first-order valence-electron chi connectivity index (χ1n) is 3.98. The van der Waals surface area contributed by atoms with Gasteiger partial charge in [0.05, 0.1) is 0 Å². The molecule has 0 amide bonds. The standard InChI is InChI=1S/C9H19N/c1-7(2)5-9(6-10)8(3)4/h5,7-8H,6,10H2,1-4H3. The molecule has 0 aliphatic carbocycles. The Morgan fingerprint density at radius 1 is 1.30 bits per heavy atom. The highest BCUT2D eigenvalue weighted by atomic mass is 14.5. The number of allylic oxidation sites excluding steroid dienone is 1. The Morgan fingerprint density at radius 3 is 1.90 bits per heavy atom. The summed E-state index contributed by atoms with van der Waals surface area (Å²) in [6.07, 6.45) is 2.25. The van der Waals surface area contributed by atoms with Gasteiger partial charge in [0.2, 0.25) is 0 Å². The molecule has 0 bridgehead atoms. The second-order valence-electron chi connectivity index (χ2n) is 3.34. The molecule has 0 fully saturated rings. The van der Waals surface area contributed by atoms with Gasteiger partial charge in [-0.15, -0.1) is 0 Å². The summed E-state index contributed by atoms with van der Waals surface area (Å²) in [5, 5.41) is 0. The van der Waals surface area contributed by atoms with Gasteiger partial charge in [-0.25, -0.2) is 0 Å². The van der Waals surface area contributed by atoms with Gasteiger partial charge in [0.1, 0.15) is 0 Å². The van der Waals surface area contributed by atoms with Gasteiger partial charge in [-0.05, 0) is 11.8 Å². The first-order valence-corrected chi connectivity index (χ1v) is 3.98. The molecule has 0 aliphatic rings. The minimum absolute atomic E-state index is 0.604. The molecule has 0 heterocycles. The Kier molecular flexibility index (Phi) is 4.37. The topological polar surface area (TPSA) is 26.0 Å². The van der Waals surface area contributed by atoms with Crippen molar-refractivity contribution < 1.29 is 0 Å². The molecule has 0 unspecified atom stereocenters. The summed E-state index contributed by atoms with van der Waals surface area (Å²) < 4.78 is 0. The number of nitrogens with two attached hydrogens (primary N) is 1. The maximum absolute atomic E-state index is 5.55. The SMILES string of the molecule is CC(C)C=C(CN)C(C)C. The van der Waals surface area contributed by atoms with E-state index in [2.05, 4.69) is 33.8 Å². The van der Waals surface area contributed by atoms with Crippen LogP contribution in [0, 0.1) is 11.8 Å². The summed E-state index contributed by atoms with van der Waals surface area (Å²) in [6, 6.07) is 0. The van der Waals surface area contributed by atoms with E-state index in [0.29, 0.717) is 18.4 Å². The zero-order chi connectivity index (χ0) is 8.15. The lowest BCUT2D eigenvalue weighted by Gasteiger charge is -2.09. The Morgan fingerprint density at radius 2 is 1.80 bits per heavy atom. The van der Waals surface area contributed by atoms with Crippen molar-refractivity contribution in [3.8, 4) is 0 Å². The molecule has 2 N–H and O–H groups in total. The third-order valence-corrected chi connectivity index (χ3v) is 1.52. The van der Waals surface area contributed by atoms with E-state index >= 15 is 0 Å². The molecule has 0 saturated heterocycles. The maximum atomic E-state index is 5.55. The lowest BCUT2D eigenvalue weighted by atomic mass is 9.99. The van der Waals surface area contributed by atoms with Gasteiger partial charge >= 0.3 is 0 Å². The highest BCUT2D eigenvalue weighted by molar-refractivity contribution is 5.07. The fourth-order valence-electron chi connectivity index (χ4n) is 0.924. The molecule has 0 aliphatic heterocycles. The zero-order valence-corrected chi connectivity index (χ0v) is 7.52. The average molecular weight is 141 g/mol. The summed E-state index contributed by atoms with van der Waals surface area (Å²) in [4.78, 5) is 0. The van der Waals surface area contributed by atoms with Gasteiger partial charge in [0.15, 0.2) is 0 Å². The molecule has 1 nitrogen and oxygen atoms in total. The quantitative estimate of drug-likeness (QED) is 0.599. The van der Waals surface area contributed by atoms with Crippen LogP contribution in [0.5, 0.6) is 0 Å². The predicted molar refractivity (Wildman–Crippen MR) is 46.8 cm³/mol. The Balaban J connectivity index is 4.04. The van der Waals surface area contributed by atoms with E-state index in [1.807, 2.05) is 0 Å². The van der Waals surface area contributed by atoms with Crippen molar-refractivity contribution in [1.29, 1.82) is 0 Å². The third-order valence-electron chi connectivity index (χ3n) is 1.52. The van der Waals surface area contributed by atoms with E-state index in [0.717, 1.165) is 0 Å². The Hall–Kier alpha value is -0.300. The molecular weight excluding hydrogens is 122 g/mol. The smallest absolute Gasteiger partial charge is 0.0139 e. The van der Waals surface area contributed by atoms with Gasteiger partial charge in [0, 0.05) is 6.54 Å². The average Bonchev–Trinajstić information content (AvgIpc) is 1.81. The van der Waals surface area contributed by atoms with E-state index in [1.54, 1.807) is 0 Å². The van der Waals surface area contributed by atoms with Crippen LogP contribution >= 0.6 is 0 Å². The normalized spacial score (nSPS) is 13.3. The molecule has 0 aromatic rings. The summed E-state index contributed by atoms with van der Waals surface area (Å²) in [5.41, 5.74) is 6.92. The second kappa shape index (κ2) is 4.51. The summed E-state index contributed by atoms with van der Waals surface area (Å²) >= 11 is 0. The number of rotatable bonds is 3. The van der Waals surface area contributed by atoms with Crippen molar-refractivity contribution in [1.82, 2.24) is 0 Å². The largest absolute Gasteiger partial charge is 0.327 e. The molecule has 10 heavy (non-hydrogen) atoms. The Labute approximate surface area is 64.3 Å². The number of hydrogen-bond acceptors (Lipinski definition) is 1. The lowest BCUT2D eigenvalue weighted by Crippen LogP contribution is -2.09. The molecule has 60 valence electrons. The van der Waals surface area contributed by atoms with Crippen LogP contribution in [-0.2, 0) is 0 Å². The van der Waals surface area contributed by atoms with Crippen LogP contribution in [0.4, 0.5) is 0 Å². The fraction of sp³-hybridized carbons (Fsp3) is 0.778. The van der Waals surface area contributed by atoms with Crippen LogP contribution in [0.25, 0.3) is 0 Å². The van der Waals surface area contributed by atoms with Gasteiger partial charge in [-0.1, -0.05) is 39.3 Å². The summed E-state index contributed by atoms with van der Waals surface area (Å²) in [6.45, 7) is 9.42. The molecule has 0 rings (SSSR count). The summed E-state index contributed by atoms with van der Waals surface area (Å²) in [5.74, 6) is 1.23. The molecular formula is C9H19N. The first-order chi connectivity index (χ1) is 4.57. The molecule has 0 spiro atoms. The molecule has 0 saturated carbocycles. The van der Waals surface area contributed by atoms with Gasteiger partial charge in [-0.2, -0.15) is 0 Å². The fourth-order valence-corrected chi connectivity index (χ4v) is 0.924. The summed E-state index contributed by atoms with van der Waals surface area (Å²) in [7, 11) is 0. The maximum Gasteiger partial charge on any atom is 0.0139 e. The lowest BCUT2D eigenvalue weighted by molar-refractivity contribution is 0.712. The van der Waals surface area contributed by atoms with Gasteiger partial charge in [-0.3, -0.25) is 0 Å². The van der Waals surface area contributed by atoms with Crippen LogP contribution in [0.1, 0.15) is 27.7 Å². The van der Waals surface area contributed by atoms with Crippen molar-refractivity contribution in [2.45, 2.75) is 27.7 Å². The minimum atomic E-state index is 0.604. The predicted octanol–water partition coefficient (Wildman–Crippen LogP) is 2.18.